The zero-order chi connectivity index (χ0) is 25.0. The molecular weight excluding hydrogens is 464 g/mol. The van der Waals surface area contributed by atoms with Gasteiger partial charge >= 0.3 is 5.97 Å². The molecule has 0 radical (unpaired) electrons. The van der Waals surface area contributed by atoms with Crippen LogP contribution in [0.5, 0.6) is 5.75 Å². The minimum Gasteiger partial charge on any atom is -0.481 e. The molecule has 0 saturated carbocycles. The molecule has 2 aliphatic rings. The smallest absolute Gasteiger partial charge is 0.345 e. The van der Waals surface area contributed by atoms with E-state index < -0.39 is 16.5 Å². The summed E-state index contributed by atoms with van der Waals surface area (Å²) in [5.41, 5.74) is 6.39. The molecule has 2 atom stereocenters. The average molecular weight is 495 g/mol. The van der Waals surface area contributed by atoms with Crippen LogP contribution in [0.25, 0.3) is 16.3 Å². The minimum absolute atomic E-state index is 0.112. The number of thiol groups is 1. The van der Waals surface area contributed by atoms with E-state index in [0.29, 0.717) is 6.42 Å². The maximum Gasteiger partial charge on any atom is 0.345 e. The van der Waals surface area contributed by atoms with Gasteiger partial charge in [0.2, 0.25) is 0 Å². The summed E-state index contributed by atoms with van der Waals surface area (Å²) in [7, 11) is -0.526. The Balaban J connectivity index is 1.19. The first-order valence-electron chi connectivity index (χ1n) is 12.4. The molecule has 4 aromatic carbocycles. The Hall–Kier alpha value is -3.50. The van der Waals surface area contributed by atoms with Crippen LogP contribution in [0, 0.1) is 13.8 Å². The number of aryl methyl sites for hydroxylation is 2. The van der Waals surface area contributed by atoms with Crippen LogP contribution in [0.3, 0.4) is 0 Å². The van der Waals surface area contributed by atoms with Crippen LogP contribution in [0.4, 0.5) is 0 Å². The van der Waals surface area contributed by atoms with Crippen molar-refractivity contribution in [1.29, 1.82) is 0 Å². The fraction of sp³-hybridized carbons (Fsp3) is 0.219. The topological polar surface area (TPSA) is 35.5 Å². The van der Waals surface area contributed by atoms with Gasteiger partial charge in [-0.3, -0.25) is 0 Å². The SMILES string of the molecule is CC1=C[SH](c2cc(C)c(OCC(=O)OC3(C)Cc4cccc5cccc3c45)c(C)c2)c2ccccc21. The zero-order valence-electron chi connectivity index (χ0n) is 21.1. The molecule has 0 bridgehead atoms. The molecule has 1 aliphatic carbocycles. The van der Waals surface area contributed by atoms with Crippen molar-refractivity contribution in [3.8, 4) is 5.75 Å². The largest absolute Gasteiger partial charge is 0.481 e. The molecule has 4 aromatic rings. The summed E-state index contributed by atoms with van der Waals surface area (Å²) in [6, 6.07) is 25.6. The second-order valence-corrected chi connectivity index (χ2v) is 12.1. The van der Waals surface area contributed by atoms with E-state index in [1.807, 2.05) is 13.0 Å². The number of esters is 1. The van der Waals surface area contributed by atoms with Crippen molar-refractivity contribution < 1.29 is 14.3 Å². The number of ether oxygens (including phenoxy) is 2. The van der Waals surface area contributed by atoms with Crippen LogP contribution < -0.4 is 4.74 Å². The maximum absolute atomic E-state index is 13.0. The summed E-state index contributed by atoms with van der Waals surface area (Å²) in [6.45, 7) is 8.19. The molecule has 36 heavy (non-hydrogen) atoms. The molecule has 0 spiro atoms. The van der Waals surface area contributed by atoms with Crippen LogP contribution in [0.15, 0.2) is 88.0 Å². The van der Waals surface area contributed by atoms with Gasteiger partial charge in [-0.1, -0.05) is 54.6 Å². The first kappa shape index (κ1) is 22.9. The van der Waals surface area contributed by atoms with Gasteiger partial charge in [-0.2, -0.15) is 10.9 Å². The van der Waals surface area contributed by atoms with Crippen LogP contribution in [0.1, 0.15) is 41.7 Å². The number of hydrogen-bond donors (Lipinski definition) is 1. The summed E-state index contributed by atoms with van der Waals surface area (Å²) < 4.78 is 12.1. The Morgan fingerprint density at radius 2 is 1.67 bits per heavy atom. The number of fused-ring (bicyclic) bond motifs is 1. The number of benzene rings is 4. The van der Waals surface area contributed by atoms with Gasteiger partial charge in [0.05, 0.1) is 0 Å². The predicted octanol–water partition coefficient (Wildman–Crippen LogP) is 7.64. The van der Waals surface area contributed by atoms with Crippen molar-refractivity contribution in [2.75, 3.05) is 6.61 Å². The molecule has 0 fully saturated rings. The maximum atomic E-state index is 13.0. The molecular formula is C32H30O3S. The summed E-state index contributed by atoms with van der Waals surface area (Å²) in [6.07, 6.45) is 0.681. The van der Waals surface area contributed by atoms with Crippen molar-refractivity contribution in [1.82, 2.24) is 0 Å². The van der Waals surface area contributed by atoms with Gasteiger partial charge in [0, 0.05) is 16.9 Å². The average Bonchev–Trinajstić information content (AvgIpc) is 3.34. The third kappa shape index (κ3) is 3.72. The van der Waals surface area contributed by atoms with Crippen molar-refractivity contribution >= 4 is 33.2 Å². The first-order chi connectivity index (χ1) is 17.3. The van der Waals surface area contributed by atoms with Crippen LogP contribution >= 0.6 is 10.9 Å². The number of rotatable bonds is 5. The fourth-order valence-electron chi connectivity index (χ4n) is 5.83. The van der Waals surface area contributed by atoms with E-state index in [1.54, 1.807) is 0 Å². The molecule has 1 heterocycles. The highest BCUT2D eigenvalue weighted by atomic mass is 32.2. The number of carbonyl (C=O) groups is 1. The highest BCUT2D eigenvalue weighted by Gasteiger charge is 2.39. The van der Waals surface area contributed by atoms with E-state index in [-0.39, 0.29) is 12.6 Å². The molecule has 0 aromatic heterocycles. The third-order valence-electron chi connectivity index (χ3n) is 7.40. The van der Waals surface area contributed by atoms with Crippen molar-refractivity contribution in [3.63, 3.8) is 0 Å². The van der Waals surface area contributed by atoms with Crippen LogP contribution in [-0.2, 0) is 21.6 Å². The lowest BCUT2D eigenvalue weighted by Crippen LogP contribution is -2.31. The predicted molar refractivity (Wildman–Crippen MR) is 148 cm³/mol. The highest BCUT2D eigenvalue weighted by Crippen LogP contribution is 2.55. The Labute approximate surface area is 215 Å². The lowest BCUT2D eigenvalue weighted by Gasteiger charge is -2.26. The van der Waals surface area contributed by atoms with Crippen LogP contribution in [0.2, 0.25) is 0 Å². The van der Waals surface area contributed by atoms with Gasteiger partial charge in [0.1, 0.15) is 11.4 Å². The molecule has 0 amide bonds. The number of carbonyl (C=O) groups excluding carboxylic acids is 1. The summed E-state index contributed by atoms with van der Waals surface area (Å²) in [4.78, 5) is 15.7. The van der Waals surface area contributed by atoms with E-state index >= 15 is 0 Å². The highest BCUT2D eigenvalue weighted by molar-refractivity contribution is 8.20. The van der Waals surface area contributed by atoms with Gasteiger partial charge in [0.15, 0.2) is 6.61 Å². The molecule has 4 heteroatoms. The normalized spacial score (nSPS) is 20.8. The molecule has 2 unspecified atom stereocenters. The van der Waals surface area contributed by atoms with E-state index in [0.717, 1.165) is 22.4 Å². The second-order valence-electron chi connectivity index (χ2n) is 10.1. The Bertz CT molecular complexity index is 1540. The third-order valence-corrected chi connectivity index (χ3v) is 9.77. The molecule has 6 rings (SSSR count). The monoisotopic (exact) mass is 494 g/mol. The second kappa shape index (κ2) is 8.56. The summed E-state index contributed by atoms with van der Waals surface area (Å²) in [5.74, 6) is 0.415. The summed E-state index contributed by atoms with van der Waals surface area (Å²) in [5, 5.41) is 4.79. The summed E-state index contributed by atoms with van der Waals surface area (Å²) >= 11 is 0. The van der Waals surface area contributed by atoms with Gasteiger partial charge in [-0.25, -0.2) is 4.79 Å². The molecule has 0 N–H and O–H groups in total. The molecule has 182 valence electrons. The van der Waals surface area contributed by atoms with Gasteiger partial charge < -0.3 is 9.47 Å². The Morgan fingerprint density at radius 1 is 0.944 bits per heavy atom. The zero-order valence-corrected chi connectivity index (χ0v) is 22.0. The minimum atomic E-state index is -0.680. The lowest BCUT2D eigenvalue weighted by atomic mass is 9.97. The Kier molecular flexibility index (Phi) is 5.45. The molecule has 3 nitrogen and oxygen atoms in total. The standard InChI is InChI=1S/C32H30O3S/c1-20-15-25(36-19-22(3)26-12-5-6-14-28(26)36)16-21(2)31(20)34-18-29(33)35-32(4)17-24-11-7-9-23-10-8-13-27(32)30(23)24/h5-16,19,36H,17-18H2,1-4H3. The first-order valence-corrected chi connectivity index (χ1v) is 13.8. The van der Waals surface area contributed by atoms with Gasteiger partial charge in [0.25, 0.3) is 0 Å². The Morgan fingerprint density at radius 3 is 2.44 bits per heavy atom. The van der Waals surface area contributed by atoms with Crippen LogP contribution in [-0.4, -0.2) is 12.6 Å². The molecule has 0 saturated heterocycles. The van der Waals surface area contributed by atoms with Gasteiger partial charge in [-0.15, -0.1) is 0 Å². The van der Waals surface area contributed by atoms with Crippen molar-refractivity contribution in [2.45, 2.75) is 49.5 Å². The van der Waals surface area contributed by atoms with Crippen molar-refractivity contribution in [3.05, 3.63) is 106 Å². The molecule has 1 aliphatic heterocycles. The fourth-order valence-corrected chi connectivity index (χ4v) is 8.34. The quantitative estimate of drug-likeness (QED) is 0.229. The van der Waals surface area contributed by atoms with E-state index in [9.17, 15) is 4.79 Å². The van der Waals surface area contributed by atoms with E-state index in [1.165, 1.54) is 37.3 Å². The van der Waals surface area contributed by atoms with Gasteiger partial charge in [-0.05, 0) is 94.8 Å². The lowest BCUT2D eigenvalue weighted by molar-refractivity contribution is -0.161. The van der Waals surface area contributed by atoms with E-state index in [2.05, 4.69) is 92.9 Å². The van der Waals surface area contributed by atoms with E-state index in [4.69, 9.17) is 9.47 Å². The van der Waals surface area contributed by atoms with Crippen molar-refractivity contribution in [2.24, 2.45) is 0 Å². The number of hydrogen-bond acceptors (Lipinski definition) is 3. The number of allylic oxidation sites excluding steroid dienone is 1.